The fourth-order valence-electron chi connectivity index (χ4n) is 4.01. The number of Topliss-reactive ketones (excluding diaryl/α,β-unsaturated/α-hetero) is 1. The summed E-state index contributed by atoms with van der Waals surface area (Å²) in [6.07, 6.45) is 4.14. The number of rotatable bonds is 4. The highest BCUT2D eigenvalue weighted by Crippen LogP contribution is 2.68. The van der Waals surface area contributed by atoms with Gasteiger partial charge in [0.25, 0.3) is 0 Å². The van der Waals surface area contributed by atoms with Gasteiger partial charge in [0.05, 0.1) is 6.54 Å². The maximum Gasteiger partial charge on any atom is 0.147 e. The van der Waals surface area contributed by atoms with Crippen LogP contribution in [0.2, 0.25) is 0 Å². The lowest BCUT2D eigenvalue weighted by Gasteiger charge is -2.40. The van der Waals surface area contributed by atoms with Gasteiger partial charge in [-0.2, -0.15) is 0 Å². The molecule has 92 valence electrons. The fourth-order valence-corrected chi connectivity index (χ4v) is 4.69. The summed E-state index contributed by atoms with van der Waals surface area (Å²) in [5.74, 6) is 1.03. The molecule has 2 aliphatic rings. The lowest BCUT2D eigenvalue weighted by Crippen LogP contribution is -2.39. The van der Waals surface area contributed by atoms with E-state index in [-0.39, 0.29) is 16.2 Å². The molecular weight excluding hydrogens is 222 g/mol. The van der Waals surface area contributed by atoms with Gasteiger partial charge < -0.3 is 5.32 Å². The molecule has 0 heterocycles. The van der Waals surface area contributed by atoms with Crippen LogP contribution in [0.4, 0.5) is 0 Å². The van der Waals surface area contributed by atoms with Gasteiger partial charge in [0, 0.05) is 11.8 Å². The van der Waals surface area contributed by atoms with Crippen molar-refractivity contribution < 1.29 is 4.79 Å². The van der Waals surface area contributed by atoms with Crippen LogP contribution in [0.15, 0.2) is 0 Å². The number of nitrogens with one attached hydrogen (secondary N) is 1. The lowest BCUT2D eigenvalue weighted by atomic mass is 9.66. The predicted molar refractivity (Wildman–Crippen MR) is 66.7 cm³/mol. The number of hydrogen-bond acceptors (Lipinski definition) is 2. The minimum atomic E-state index is 0.0627. The Bertz CT molecular complexity index is 302. The first kappa shape index (κ1) is 12.4. The van der Waals surface area contributed by atoms with E-state index in [4.69, 9.17) is 11.6 Å². The molecule has 0 aliphatic heterocycles. The van der Waals surface area contributed by atoms with Gasteiger partial charge in [-0.25, -0.2) is 0 Å². The van der Waals surface area contributed by atoms with Crippen molar-refractivity contribution in [1.29, 1.82) is 0 Å². The molecule has 2 rings (SSSR count). The molecule has 0 saturated heterocycles. The Morgan fingerprint density at radius 2 is 2.19 bits per heavy atom. The molecule has 0 aromatic heterocycles. The van der Waals surface area contributed by atoms with Gasteiger partial charge in [-0.05, 0) is 43.1 Å². The van der Waals surface area contributed by atoms with Crippen molar-refractivity contribution in [3.8, 4) is 0 Å². The Morgan fingerprint density at radius 1 is 1.50 bits per heavy atom. The summed E-state index contributed by atoms with van der Waals surface area (Å²) in [7, 11) is 1.82. The molecule has 2 nitrogen and oxygen atoms in total. The molecule has 2 saturated carbocycles. The minimum Gasteiger partial charge on any atom is -0.313 e. The third kappa shape index (κ3) is 1.53. The Balaban J connectivity index is 2.19. The van der Waals surface area contributed by atoms with Gasteiger partial charge in [0.2, 0.25) is 0 Å². The van der Waals surface area contributed by atoms with Crippen LogP contribution in [0.25, 0.3) is 0 Å². The molecule has 2 aliphatic carbocycles. The third-order valence-corrected chi connectivity index (χ3v) is 5.82. The SMILES string of the molecule is CNCC(=O)C[C@@]12CC[C@@H](C[C@H]1Cl)C2(C)C. The zero-order chi connectivity index (χ0) is 12.0. The predicted octanol–water partition coefficient (Wildman–Crippen LogP) is 2.60. The first-order valence-electron chi connectivity index (χ1n) is 6.24. The van der Waals surface area contributed by atoms with E-state index >= 15 is 0 Å². The molecule has 3 heteroatoms. The molecule has 2 bridgehead atoms. The largest absolute Gasteiger partial charge is 0.313 e. The number of hydrogen-bond donors (Lipinski definition) is 1. The number of fused-ring (bicyclic) bond motifs is 2. The van der Waals surface area contributed by atoms with E-state index in [1.54, 1.807) is 0 Å². The molecule has 0 aromatic carbocycles. The van der Waals surface area contributed by atoms with Gasteiger partial charge in [-0.3, -0.25) is 4.79 Å². The number of likely N-dealkylation sites (N-methyl/N-ethyl adjacent to an activating group) is 1. The average Bonchev–Trinajstić information content (AvgIpc) is 2.51. The second kappa shape index (κ2) is 3.99. The molecule has 3 atom stereocenters. The van der Waals surface area contributed by atoms with Crippen molar-refractivity contribution in [3.05, 3.63) is 0 Å². The topological polar surface area (TPSA) is 29.1 Å². The smallest absolute Gasteiger partial charge is 0.147 e. The second-order valence-corrected chi connectivity index (χ2v) is 6.59. The van der Waals surface area contributed by atoms with Gasteiger partial charge in [0.1, 0.15) is 5.78 Å². The van der Waals surface area contributed by atoms with E-state index in [0.717, 1.165) is 18.8 Å². The van der Waals surface area contributed by atoms with Crippen LogP contribution in [0.1, 0.15) is 39.5 Å². The summed E-state index contributed by atoms with van der Waals surface area (Å²) in [5.41, 5.74) is 0.302. The monoisotopic (exact) mass is 243 g/mol. The number of halogens is 1. The number of ketones is 1. The highest BCUT2D eigenvalue weighted by molar-refractivity contribution is 6.21. The van der Waals surface area contributed by atoms with Crippen LogP contribution in [0, 0.1) is 16.7 Å². The Kier molecular flexibility index (Phi) is 3.09. The van der Waals surface area contributed by atoms with E-state index in [9.17, 15) is 4.79 Å². The van der Waals surface area contributed by atoms with Crippen LogP contribution in [-0.4, -0.2) is 24.8 Å². The molecule has 0 unspecified atom stereocenters. The molecule has 2 fully saturated rings. The summed E-state index contributed by atoms with van der Waals surface area (Å²) in [6.45, 7) is 5.09. The molecule has 16 heavy (non-hydrogen) atoms. The summed E-state index contributed by atoms with van der Waals surface area (Å²) in [5, 5.41) is 3.14. The van der Waals surface area contributed by atoms with E-state index in [2.05, 4.69) is 19.2 Å². The van der Waals surface area contributed by atoms with Crippen molar-refractivity contribution in [3.63, 3.8) is 0 Å². The van der Waals surface area contributed by atoms with Crippen LogP contribution >= 0.6 is 11.6 Å². The highest BCUT2D eigenvalue weighted by atomic mass is 35.5. The van der Waals surface area contributed by atoms with Crippen LogP contribution in [0.3, 0.4) is 0 Å². The molecule has 0 amide bonds. The molecular formula is C13H22ClNO. The van der Waals surface area contributed by atoms with Crippen molar-refractivity contribution in [2.45, 2.75) is 44.9 Å². The Morgan fingerprint density at radius 3 is 2.62 bits per heavy atom. The fraction of sp³-hybridized carbons (Fsp3) is 0.923. The van der Waals surface area contributed by atoms with Gasteiger partial charge >= 0.3 is 0 Å². The second-order valence-electron chi connectivity index (χ2n) is 6.06. The van der Waals surface area contributed by atoms with Crippen molar-refractivity contribution in [2.24, 2.45) is 16.7 Å². The van der Waals surface area contributed by atoms with Crippen LogP contribution in [0.5, 0.6) is 0 Å². The number of carbonyl (C=O) groups excluding carboxylic acids is 1. The third-order valence-electron chi connectivity index (χ3n) is 5.22. The quantitative estimate of drug-likeness (QED) is 0.769. The summed E-state index contributed by atoms with van der Waals surface area (Å²) >= 11 is 6.52. The van der Waals surface area contributed by atoms with Crippen molar-refractivity contribution in [2.75, 3.05) is 13.6 Å². The summed E-state index contributed by atoms with van der Waals surface area (Å²) < 4.78 is 0. The van der Waals surface area contributed by atoms with Gasteiger partial charge in [-0.1, -0.05) is 13.8 Å². The molecule has 1 N–H and O–H groups in total. The lowest BCUT2D eigenvalue weighted by molar-refractivity contribution is -0.121. The normalized spacial score (nSPS) is 40.2. The zero-order valence-corrected chi connectivity index (χ0v) is 11.2. The van der Waals surface area contributed by atoms with Gasteiger partial charge in [0.15, 0.2) is 0 Å². The standard InChI is InChI=1S/C13H22ClNO/c1-12(2)9-4-5-13(12,11(14)6-9)7-10(16)8-15-3/h9,11,15H,4-8H2,1-3H3/t9-,11+,13-/m0/s1. The summed E-state index contributed by atoms with van der Waals surface area (Å²) in [6, 6.07) is 0. The first-order chi connectivity index (χ1) is 7.44. The number of carbonyl (C=O) groups is 1. The molecule has 0 spiro atoms. The van der Waals surface area contributed by atoms with E-state index < -0.39 is 0 Å². The maximum atomic E-state index is 11.9. The van der Waals surface area contributed by atoms with Crippen molar-refractivity contribution >= 4 is 17.4 Å². The van der Waals surface area contributed by atoms with Crippen LogP contribution < -0.4 is 5.32 Å². The Labute approximate surface area is 103 Å². The Hall–Kier alpha value is -0.0800. The highest BCUT2D eigenvalue weighted by Gasteiger charge is 2.63. The zero-order valence-electron chi connectivity index (χ0n) is 10.5. The molecule has 0 aromatic rings. The van der Waals surface area contributed by atoms with Gasteiger partial charge in [-0.15, -0.1) is 11.6 Å². The van der Waals surface area contributed by atoms with E-state index in [0.29, 0.717) is 18.7 Å². The van der Waals surface area contributed by atoms with Crippen LogP contribution in [-0.2, 0) is 4.79 Å². The average molecular weight is 244 g/mol. The minimum absolute atomic E-state index is 0.0627. The number of alkyl halides is 1. The molecule has 0 radical (unpaired) electrons. The first-order valence-corrected chi connectivity index (χ1v) is 6.68. The van der Waals surface area contributed by atoms with E-state index in [1.807, 2.05) is 7.05 Å². The summed E-state index contributed by atoms with van der Waals surface area (Å²) in [4.78, 5) is 11.9. The van der Waals surface area contributed by atoms with E-state index in [1.165, 1.54) is 6.42 Å². The maximum absolute atomic E-state index is 11.9. The van der Waals surface area contributed by atoms with Crippen molar-refractivity contribution in [1.82, 2.24) is 5.32 Å².